The first-order chi connectivity index (χ1) is 23.3. The summed E-state index contributed by atoms with van der Waals surface area (Å²) in [4.78, 5) is 33.7. The van der Waals surface area contributed by atoms with E-state index >= 15 is 0 Å². The number of Topliss-reactive ketones (excluding diaryl/α,β-unsaturated/α-hetero) is 1. The summed E-state index contributed by atoms with van der Waals surface area (Å²) in [6.07, 6.45) is -11.2. The molecule has 2 saturated carbocycles. The summed E-state index contributed by atoms with van der Waals surface area (Å²) in [5, 5.41) is 4.84. The summed E-state index contributed by atoms with van der Waals surface area (Å²) in [6, 6.07) is 4.09. The number of alkyl halides is 10. The van der Waals surface area contributed by atoms with E-state index in [-0.39, 0.29) is 60.0 Å². The quantitative estimate of drug-likeness (QED) is 0.136. The monoisotopic (exact) mass is 725 g/mol. The molecule has 2 fully saturated rings. The third-order valence-electron chi connectivity index (χ3n) is 9.03. The number of carbonyl (C=O) groups excluding carboxylic acids is 2. The Morgan fingerprint density at radius 2 is 1.72 bits per heavy atom. The molecular formula is C32H33F10N5O3. The SMILES string of the molecule is Cn1c(Nc2cc(CNC(=O)C3CC3(F)F)ccc2C(F)(F)F)nc2cc(C(=O)CCCC3CCC(C(F)(F)F)CC3)c(OCC(F)F)nc21. The number of ether oxygens (including phenoxy) is 1. The first kappa shape index (κ1) is 37.1. The maximum atomic E-state index is 13.9. The summed E-state index contributed by atoms with van der Waals surface area (Å²) < 4.78 is 140. The van der Waals surface area contributed by atoms with Crippen LogP contribution in [0, 0.1) is 17.8 Å². The largest absolute Gasteiger partial charge is 0.471 e. The molecule has 2 heterocycles. The fourth-order valence-electron chi connectivity index (χ4n) is 6.11. The first-order valence-electron chi connectivity index (χ1n) is 15.8. The van der Waals surface area contributed by atoms with E-state index in [4.69, 9.17) is 4.74 Å². The molecule has 2 aromatic heterocycles. The van der Waals surface area contributed by atoms with E-state index in [9.17, 15) is 53.5 Å². The molecule has 0 radical (unpaired) electrons. The lowest BCUT2D eigenvalue weighted by Gasteiger charge is -2.29. The number of hydrogen-bond donors (Lipinski definition) is 2. The molecule has 0 bridgehead atoms. The molecule has 0 aliphatic heterocycles. The van der Waals surface area contributed by atoms with Gasteiger partial charge in [-0.05, 0) is 61.8 Å². The van der Waals surface area contributed by atoms with Crippen molar-refractivity contribution in [3.63, 3.8) is 0 Å². The summed E-state index contributed by atoms with van der Waals surface area (Å²) in [7, 11) is 1.36. The van der Waals surface area contributed by atoms with Crippen LogP contribution >= 0.6 is 0 Å². The Morgan fingerprint density at radius 3 is 2.32 bits per heavy atom. The Hall–Kier alpha value is -4.12. The number of nitrogens with one attached hydrogen (secondary N) is 2. The number of rotatable bonds is 13. The second-order valence-electron chi connectivity index (χ2n) is 12.7. The number of carbonyl (C=O) groups is 2. The van der Waals surface area contributed by atoms with E-state index < -0.39 is 78.4 Å². The molecule has 2 aliphatic carbocycles. The zero-order chi connectivity index (χ0) is 36.6. The van der Waals surface area contributed by atoms with Crippen LogP contribution in [0.2, 0.25) is 0 Å². The third kappa shape index (κ3) is 8.78. The lowest BCUT2D eigenvalue weighted by molar-refractivity contribution is -0.184. The van der Waals surface area contributed by atoms with Gasteiger partial charge in [0.15, 0.2) is 18.0 Å². The van der Waals surface area contributed by atoms with Gasteiger partial charge in [0.05, 0.1) is 22.7 Å². The van der Waals surface area contributed by atoms with E-state index in [2.05, 4.69) is 20.6 Å². The van der Waals surface area contributed by atoms with E-state index in [0.29, 0.717) is 25.7 Å². The summed E-state index contributed by atoms with van der Waals surface area (Å²) in [5.74, 6) is -8.09. The van der Waals surface area contributed by atoms with E-state index in [1.54, 1.807) is 0 Å². The predicted octanol–water partition coefficient (Wildman–Crippen LogP) is 8.37. The van der Waals surface area contributed by atoms with Crippen LogP contribution in [0.1, 0.15) is 72.9 Å². The molecule has 1 aromatic carbocycles. The maximum Gasteiger partial charge on any atom is 0.418 e. The van der Waals surface area contributed by atoms with Crippen molar-refractivity contribution in [2.24, 2.45) is 24.8 Å². The highest BCUT2D eigenvalue weighted by molar-refractivity contribution is 6.00. The number of pyridine rings is 1. The zero-order valence-electron chi connectivity index (χ0n) is 26.5. The number of halogens is 10. The van der Waals surface area contributed by atoms with Crippen LogP contribution in [0.3, 0.4) is 0 Å². The molecule has 18 heteroatoms. The van der Waals surface area contributed by atoms with E-state index in [1.165, 1.54) is 17.7 Å². The van der Waals surface area contributed by atoms with Crippen molar-refractivity contribution in [1.82, 2.24) is 19.9 Å². The van der Waals surface area contributed by atoms with Crippen LogP contribution < -0.4 is 15.4 Å². The van der Waals surface area contributed by atoms with Gasteiger partial charge in [-0.25, -0.2) is 22.5 Å². The molecule has 8 nitrogen and oxygen atoms in total. The Kier molecular flexibility index (Phi) is 10.6. The Labute approximate surface area is 279 Å². The number of amides is 1. The third-order valence-corrected chi connectivity index (χ3v) is 9.03. The molecule has 0 saturated heterocycles. The van der Waals surface area contributed by atoms with Gasteiger partial charge in [-0.15, -0.1) is 0 Å². The van der Waals surface area contributed by atoms with Crippen molar-refractivity contribution in [3.8, 4) is 5.88 Å². The second kappa shape index (κ2) is 14.2. The minimum absolute atomic E-state index is 0.000267. The minimum Gasteiger partial charge on any atom is -0.471 e. The van der Waals surface area contributed by atoms with Gasteiger partial charge in [0.2, 0.25) is 17.7 Å². The topological polar surface area (TPSA) is 98.1 Å². The molecule has 1 amide bonds. The fourth-order valence-corrected chi connectivity index (χ4v) is 6.11. The zero-order valence-corrected chi connectivity index (χ0v) is 26.5. The van der Waals surface area contributed by atoms with E-state index in [0.717, 1.165) is 18.2 Å². The number of hydrogen-bond acceptors (Lipinski definition) is 6. The van der Waals surface area contributed by atoms with Crippen molar-refractivity contribution in [2.75, 3.05) is 11.9 Å². The number of anilines is 2. The highest BCUT2D eigenvalue weighted by Gasteiger charge is 2.61. The molecule has 0 spiro atoms. The van der Waals surface area contributed by atoms with Crippen molar-refractivity contribution < 1.29 is 58.2 Å². The Balaban J connectivity index is 1.34. The lowest BCUT2D eigenvalue weighted by atomic mass is 9.79. The number of aryl methyl sites for hydroxylation is 1. The molecular weight excluding hydrogens is 692 g/mol. The average molecular weight is 726 g/mol. The van der Waals surface area contributed by atoms with Gasteiger partial charge in [-0.3, -0.25) is 14.2 Å². The van der Waals surface area contributed by atoms with Gasteiger partial charge in [0.25, 0.3) is 12.3 Å². The van der Waals surface area contributed by atoms with Crippen molar-refractivity contribution in [3.05, 3.63) is 41.0 Å². The molecule has 2 N–H and O–H groups in total. The van der Waals surface area contributed by atoms with Crippen LogP contribution in [0.5, 0.6) is 5.88 Å². The number of nitrogens with zero attached hydrogens (tertiary/aromatic N) is 3. The van der Waals surface area contributed by atoms with Crippen LogP contribution in [0.15, 0.2) is 24.3 Å². The van der Waals surface area contributed by atoms with E-state index in [1.807, 2.05) is 0 Å². The minimum atomic E-state index is -4.85. The van der Waals surface area contributed by atoms with Gasteiger partial charge in [-0.2, -0.15) is 31.3 Å². The van der Waals surface area contributed by atoms with Crippen molar-refractivity contribution in [2.45, 2.75) is 82.6 Å². The lowest BCUT2D eigenvalue weighted by Crippen LogP contribution is -2.27. The molecule has 50 heavy (non-hydrogen) atoms. The van der Waals surface area contributed by atoms with Crippen molar-refractivity contribution >= 4 is 34.5 Å². The Morgan fingerprint density at radius 1 is 1.04 bits per heavy atom. The van der Waals surface area contributed by atoms with Crippen LogP contribution in [0.4, 0.5) is 55.5 Å². The van der Waals surface area contributed by atoms with Crippen LogP contribution in [0.25, 0.3) is 11.2 Å². The standard InChI is InChI=1S/C32H33F10N5O3/c1-47-26-23(45-29(47)44-22-11-17(7-10-20(22)32(40,41)42)14-43-27(49)21-13-30(21,35)36)12-19(28(46-26)50-15-25(33)34)24(48)4-2-3-16-5-8-18(9-6-16)31(37,38)39/h7,10-12,16,18,21,25H,2-6,8-9,13-15H2,1H3,(H,43,49)(H,44,45). The summed E-state index contributed by atoms with van der Waals surface area (Å²) in [6.45, 7) is -1.45. The molecule has 274 valence electrons. The average Bonchev–Trinajstić information content (AvgIpc) is 3.58. The molecule has 2 aliphatic rings. The number of ketones is 1. The highest BCUT2D eigenvalue weighted by atomic mass is 19.4. The van der Waals surface area contributed by atoms with Crippen molar-refractivity contribution in [1.29, 1.82) is 0 Å². The fraction of sp³-hybridized carbons (Fsp3) is 0.562. The summed E-state index contributed by atoms with van der Waals surface area (Å²) in [5.41, 5.74) is -1.69. The number of fused-ring (bicyclic) bond motifs is 1. The Bertz CT molecular complexity index is 1720. The van der Waals surface area contributed by atoms with Gasteiger partial charge < -0.3 is 15.4 Å². The maximum absolute atomic E-state index is 13.9. The smallest absolute Gasteiger partial charge is 0.418 e. The highest BCUT2D eigenvalue weighted by Crippen LogP contribution is 2.48. The molecule has 1 atom stereocenters. The molecule has 5 rings (SSSR count). The number of aromatic nitrogens is 3. The summed E-state index contributed by atoms with van der Waals surface area (Å²) >= 11 is 0. The predicted molar refractivity (Wildman–Crippen MR) is 159 cm³/mol. The van der Waals surface area contributed by atoms with Crippen LogP contribution in [-0.2, 0) is 24.6 Å². The van der Waals surface area contributed by atoms with Gasteiger partial charge in [0.1, 0.15) is 11.4 Å². The molecule has 3 aromatic rings. The molecule has 1 unspecified atom stereocenters. The van der Waals surface area contributed by atoms with Gasteiger partial charge >= 0.3 is 12.4 Å². The van der Waals surface area contributed by atoms with Gasteiger partial charge in [-0.1, -0.05) is 12.5 Å². The first-order valence-corrected chi connectivity index (χ1v) is 15.8. The van der Waals surface area contributed by atoms with Crippen LogP contribution in [-0.4, -0.2) is 51.4 Å². The normalized spacial score (nSPS) is 20.6. The number of benzene rings is 1. The van der Waals surface area contributed by atoms with Gasteiger partial charge in [0, 0.05) is 26.4 Å². The number of imidazole rings is 1. The second-order valence-corrected chi connectivity index (χ2v) is 12.7.